The van der Waals surface area contributed by atoms with E-state index in [0.29, 0.717) is 5.56 Å². The summed E-state index contributed by atoms with van der Waals surface area (Å²) >= 11 is 0. The van der Waals surface area contributed by atoms with Crippen molar-refractivity contribution in [3.05, 3.63) is 35.9 Å². The van der Waals surface area contributed by atoms with Crippen LogP contribution in [0.2, 0.25) is 0 Å². The average Bonchev–Trinajstić information content (AvgIpc) is 2.52. The molecule has 3 N–H and O–H groups in total. The third-order valence-electron chi connectivity index (χ3n) is 3.71. The summed E-state index contributed by atoms with van der Waals surface area (Å²) in [6.45, 7) is 4.66. The Morgan fingerprint density at radius 3 is 2.50 bits per heavy atom. The number of carbonyl (C=O) groups is 2. The summed E-state index contributed by atoms with van der Waals surface area (Å²) in [5.74, 6) is -0.455. The molecular weight excluding hydrogens is 278 g/mol. The van der Waals surface area contributed by atoms with E-state index in [4.69, 9.17) is 5.73 Å². The van der Waals surface area contributed by atoms with Gasteiger partial charge in [-0.2, -0.15) is 0 Å². The van der Waals surface area contributed by atoms with Gasteiger partial charge in [0.05, 0.1) is 6.04 Å². The van der Waals surface area contributed by atoms with Crippen LogP contribution in [0, 0.1) is 0 Å². The fraction of sp³-hybridized carbons (Fsp3) is 0.529. The zero-order chi connectivity index (χ0) is 16.2. The zero-order valence-electron chi connectivity index (χ0n) is 13.3. The highest BCUT2D eigenvalue weighted by molar-refractivity contribution is 6.06. The van der Waals surface area contributed by atoms with Gasteiger partial charge >= 0.3 is 0 Å². The molecule has 0 bridgehead atoms. The number of nitrogens with two attached hydrogens (primary N) is 1. The number of benzene rings is 1. The SMILES string of the molecule is CC(C)(N)CN(C(=O)c1ccccc1)C(=O)C1CCCCN1. The lowest BCUT2D eigenvalue weighted by molar-refractivity contribution is -0.132. The summed E-state index contributed by atoms with van der Waals surface area (Å²) in [5, 5.41) is 3.21. The first-order valence-electron chi connectivity index (χ1n) is 7.81. The number of nitrogens with zero attached hydrogens (tertiary/aromatic N) is 1. The molecule has 1 aliphatic rings. The third kappa shape index (κ3) is 4.39. The van der Waals surface area contributed by atoms with Gasteiger partial charge in [0.1, 0.15) is 0 Å². The summed E-state index contributed by atoms with van der Waals surface area (Å²) in [6, 6.07) is 8.59. The molecular formula is C17H25N3O2. The minimum absolute atomic E-state index is 0.174. The minimum Gasteiger partial charge on any atom is -0.324 e. The van der Waals surface area contributed by atoms with Crippen LogP contribution in [0.4, 0.5) is 0 Å². The van der Waals surface area contributed by atoms with Crippen LogP contribution in [0.1, 0.15) is 43.5 Å². The number of rotatable bonds is 4. The smallest absolute Gasteiger partial charge is 0.260 e. The highest BCUT2D eigenvalue weighted by Gasteiger charge is 2.33. The third-order valence-corrected chi connectivity index (χ3v) is 3.71. The summed E-state index contributed by atoms with van der Waals surface area (Å²) in [4.78, 5) is 26.8. The number of hydrogen-bond acceptors (Lipinski definition) is 4. The van der Waals surface area contributed by atoms with Crippen molar-refractivity contribution in [2.45, 2.75) is 44.7 Å². The number of imide groups is 1. The van der Waals surface area contributed by atoms with Gasteiger partial charge in [0.15, 0.2) is 0 Å². The van der Waals surface area contributed by atoms with Gasteiger partial charge in [0.25, 0.3) is 5.91 Å². The molecule has 0 saturated carbocycles. The molecule has 5 heteroatoms. The molecule has 1 atom stereocenters. The van der Waals surface area contributed by atoms with Gasteiger partial charge < -0.3 is 11.1 Å². The Morgan fingerprint density at radius 2 is 1.95 bits per heavy atom. The Bertz CT molecular complexity index is 516. The number of nitrogens with one attached hydrogen (secondary N) is 1. The summed E-state index contributed by atoms with van der Waals surface area (Å²) in [5.41, 5.74) is 5.93. The summed E-state index contributed by atoms with van der Waals surface area (Å²) in [7, 11) is 0. The summed E-state index contributed by atoms with van der Waals surface area (Å²) < 4.78 is 0. The van der Waals surface area contributed by atoms with Crippen LogP contribution in [0.15, 0.2) is 30.3 Å². The molecule has 1 saturated heterocycles. The molecule has 1 fully saturated rings. The zero-order valence-corrected chi connectivity index (χ0v) is 13.3. The van der Waals surface area contributed by atoms with Crippen LogP contribution in [-0.2, 0) is 4.79 Å². The van der Waals surface area contributed by atoms with E-state index in [9.17, 15) is 9.59 Å². The van der Waals surface area contributed by atoms with Crippen LogP contribution >= 0.6 is 0 Å². The molecule has 0 aromatic heterocycles. The number of hydrogen-bond donors (Lipinski definition) is 2. The van der Waals surface area contributed by atoms with E-state index >= 15 is 0 Å². The molecule has 2 rings (SSSR count). The van der Waals surface area contributed by atoms with Crippen molar-refractivity contribution >= 4 is 11.8 Å². The molecule has 1 unspecified atom stereocenters. The average molecular weight is 303 g/mol. The van der Waals surface area contributed by atoms with Gasteiger partial charge in [0.2, 0.25) is 5.91 Å². The Kier molecular flexibility index (Phi) is 5.32. The normalized spacial score (nSPS) is 18.8. The van der Waals surface area contributed by atoms with Crippen LogP contribution in [-0.4, -0.2) is 41.4 Å². The van der Waals surface area contributed by atoms with E-state index in [1.807, 2.05) is 19.9 Å². The molecule has 0 spiro atoms. The van der Waals surface area contributed by atoms with Gasteiger partial charge in [-0.3, -0.25) is 14.5 Å². The first-order valence-corrected chi connectivity index (χ1v) is 7.81. The molecule has 0 aliphatic carbocycles. The van der Waals surface area contributed by atoms with Gasteiger partial charge in [-0.25, -0.2) is 0 Å². The Balaban J connectivity index is 2.22. The fourth-order valence-corrected chi connectivity index (χ4v) is 2.64. The first kappa shape index (κ1) is 16.6. The van der Waals surface area contributed by atoms with Gasteiger partial charge in [0, 0.05) is 17.6 Å². The van der Waals surface area contributed by atoms with Crippen LogP contribution < -0.4 is 11.1 Å². The first-order chi connectivity index (χ1) is 10.4. The molecule has 1 aromatic rings. The predicted molar refractivity (Wildman–Crippen MR) is 86.4 cm³/mol. The van der Waals surface area contributed by atoms with Crippen molar-refractivity contribution in [2.75, 3.05) is 13.1 Å². The number of carbonyl (C=O) groups excluding carboxylic acids is 2. The molecule has 0 radical (unpaired) electrons. The monoisotopic (exact) mass is 303 g/mol. The second-order valence-corrected chi connectivity index (χ2v) is 6.59. The van der Waals surface area contributed by atoms with Gasteiger partial charge in [-0.15, -0.1) is 0 Å². The van der Waals surface area contributed by atoms with Gasteiger partial charge in [-0.05, 0) is 45.4 Å². The number of piperidine rings is 1. The van der Waals surface area contributed by atoms with Crippen LogP contribution in [0.25, 0.3) is 0 Å². The lowest BCUT2D eigenvalue weighted by Crippen LogP contribution is -2.56. The standard InChI is InChI=1S/C17H25N3O2/c1-17(2,18)12-20(15(21)13-8-4-3-5-9-13)16(22)14-10-6-7-11-19-14/h3-5,8-9,14,19H,6-7,10-12,18H2,1-2H3. The van der Waals surface area contributed by atoms with E-state index in [2.05, 4.69) is 5.32 Å². The Labute approximate surface area is 131 Å². The van der Waals surface area contributed by atoms with Crippen molar-refractivity contribution < 1.29 is 9.59 Å². The van der Waals surface area contributed by atoms with Crippen molar-refractivity contribution in [1.29, 1.82) is 0 Å². The Hall–Kier alpha value is -1.72. The molecule has 1 aromatic carbocycles. The van der Waals surface area contributed by atoms with E-state index < -0.39 is 5.54 Å². The van der Waals surface area contributed by atoms with Crippen molar-refractivity contribution in [3.63, 3.8) is 0 Å². The highest BCUT2D eigenvalue weighted by atomic mass is 16.2. The van der Waals surface area contributed by atoms with Crippen molar-refractivity contribution in [2.24, 2.45) is 5.73 Å². The van der Waals surface area contributed by atoms with E-state index in [1.165, 1.54) is 4.90 Å². The molecule has 2 amide bonds. The van der Waals surface area contributed by atoms with Crippen LogP contribution in [0.3, 0.4) is 0 Å². The predicted octanol–water partition coefficient (Wildman–Crippen LogP) is 1.53. The topological polar surface area (TPSA) is 75.4 Å². The van der Waals surface area contributed by atoms with E-state index in [1.54, 1.807) is 24.3 Å². The highest BCUT2D eigenvalue weighted by Crippen LogP contribution is 2.15. The molecule has 22 heavy (non-hydrogen) atoms. The largest absolute Gasteiger partial charge is 0.324 e. The Morgan fingerprint density at radius 1 is 1.27 bits per heavy atom. The lowest BCUT2D eigenvalue weighted by atomic mass is 10.0. The van der Waals surface area contributed by atoms with E-state index in [0.717, 1.165) is 25.8 Å². The molecule has 1 heterocycles. The number of amides is 2. The maximum Gasteiger partial charge on any atom is 0.260 e. The van der Waals surface area contributed by atoms with Gasteiger partial charge in [-0.1, -0.05) is 24.6 Å². The lowest BCUT2D eigenvalue weighted by Gasteiger charge is -2.32. The summed E-state index contributed by atoms with van der Waals surface area (Å²) in [6.07, 6.45) is 2.84. The molecule has 5 nitrogen and oxygen atoms in total. The quantitative estimate of drug-likeness (QED) is 0.827. The fourth-order valence-electron chi connectivity index (χ4n) is 2.64. The molecule has 120 valence electrons. The van der Waals surface area contributed by atoms with Crippen molar-refractivity contribution in [3.8, 4) is 0 Å². The molecule has 1 aliphatic heterocycles. The minimum atomic E-state index is -0.630. The van der Waals surface area contributed by atoms with Crippen molar-refractivity contribution in [1.82, 2.24) is 10.2 Å². The van der Waals surface area contributed by atoms with Crippen LogP contribution in [0.5, 0.6) is 0 Å². The second kappa shape index (κ2) is 7.03. The maximum absolute atomic E-state index is 12.8. The second-order valence-electron chi connectivity index (χ2n) is 6.59. The van der Waals surface area contributed by atoms with E-state index in [-0.39, 0.29) is 24.4 Å². The maximum atomic E-state index is 12.8.